The van der Waals surface area contributed by atoms with Crippen molar-refractivity contribution >= 4 is 43.6 Å². The van der Waals surface area contributed by atoms with Crippen LogP contribution in [0, 0.1) is 0 Å². The molecule has 0 aliphatic heterocycles. The van der Waals surface area contributed by atoms with Crippen LogP contribution in [0.5, 0.6) is 0 Å². The predicted octanol–water partition coefficient (Wildman–Crippen LogP) is 14.5. The van der Waals surface area contributed by atoms with Crippen LogP contribution in [-0.4, -0.2) is 9.13 Å². The Bertz CT molecular complexity index is 3210. The summed E-state index contributed by atoms with van der Waals surface area (Å²) in [7, 11) is 0. The van der Waals surface area contributed by atoms with Gasteiger partial charge in [0.25, 0.3) is 0 Å². The molecule has 0 radical (unpaired) electrons. The van der Waals surface area contributed by atoms with Crippen LogP contribution in [0.3, 0.4) is 0 Å². The van der Waals surface area contributed by atoms with E-state index in [-0.39, 0.29) is 0 Å². The molecule has 0 atom stereocenters. The first kappa shape index (κ1) is 32.0. The van der Waals surface area contributed by atoms with Crippen molar-refractivity contribution < 1.29 is 0 Å². The second-order valence-corrected chi connectivity index (χ2v) is 14.5. The lowest BCUT2D eigenvalue weighted by atomic mass is 9.90. The van der Waals surface area contributed by atoms with Gasteiger partial charge in [-0.3, -0.25) is 0 Å². The number of rotatable bonds is 6. The van der Waals surface area contributed by atoms with Gasteiger partial charge in [0.15, 0.2) is 0 Å². The molecule has 0 aliphatic carbocycles. The summed E-state index contributed by atoms with van der Waals surface area (Å²) in [6.45, 7) is 0. The lowest BCUT2D eigenvalue weighted by Gasteiger charge is -2.14. The summed E-state index contributed by atoms with van der Waals surface area (Å²) in [6, 6.07) is 79.4. The molecule has 11 aromatic rings. The zero-order chi connectivity index (χ0) is 37.0. The Balaban J connectivity index is 1.12. The van der Waals surface area contributed by atoms with E-state index in [2.05, 4.69) is 228 Å². The van der Waals surface area contributed by atoms with Crippen molar-refractivity contribution in [2.75, 3.05) is 0 Å². The third-order valence-corrected chi connectivity index (χ3v) is 11.3. The molecule has 56 heavy (non-hydrogen) atoms. The number of hydrogen-bond acceptors (Lipinski definition) is 0. The first-order chi connectivity index (χ1) is 27.8. The van der Waals surface area contributed by atoms with E-state index < -0.39 is 0 Å². The Hall–Kier alpha value is -7.42. The molecule has 262 valence electrons. The highest BCUT2D eigenvalue weighted by molar-refractivity contribution is 6.13. The molecule has 0 unspecified atom stereocenters. The molecule has 11 rings (SSSR count). The van der Waals surface area contributed by atoms with E-state index in [0.29, 0.717) is 0 Å². The van der Waals surface area contributed by atoms with Crippen molar-refractivity contribution in [1.82, 2.24) is 9.13 Å². The van der Waals surface area contributed by atoms with Crippen LogP contribution in [0.1, 0.15) is 0 Å². The largest absolute Gasteiger partial charge is 0.309 e. The molecule has 0 bridgehead atoms. The third kappa shape index (κ3) is 5.26. The van der Waals surface area contributed by atoms with Gasteiger partial charge in [0.05, 0.1) is 22.1 Å². The topological polar surface area (TPSA) is 9.86 Å². The maximum Gasteiger partial charge on any atom is 0.0541 e. The van der Waals surface area contributed by atoms with Crippen molar-refractivity contribution in [3.63, 3.8) is 0 Å². The van der Waals surface area contributed by atoms with E-state index in [1.807, 2.05) is 0 Å². The summed E-state index contributed by atoms with van der Waals surface area (Å²) in [5.74, 6) is 0. The van der Waals surface area contributed by atoms with Gasteiger partial charge >= 0.3 is 0 Å². The minimum atomic E-state index is 1.15. The van der Waals surface area contributed by atoms with Crippen LogP contribution in [0.2, 0.25) is 0 Å². The van der Waals surface area contributed by atoms with E-state index in [1.54, 1.807) is 0 Å². The molecule has 9 aromatic carbocycles. The van der Waals surface area contributed by atoms with E-state index >= 15 is 0 Å². The average Bonchev–Trinajstić information content (AvgIpc) is 3.79. The molecule has 0 saturated carbocycles. The fraction of sp³-hybridized carbons (Fsp3) is 0. The summed E-state index contributed by atoms with van der Waals surface area (Å²) in [4.78, 5) is 0. The molecule has 0 fully saturated rings. The molecule has 0 amide bonds. The molecule has 2 nitrogen and oxygen atoms in total. The Morgan fingerprint density at radius 3 is 1.18 bits per heavy atom. The Labute approximate surface area is 325 Å². The van der Waals surface area contributed by atoms with Crippen LogP contribution < -0.4 is 0 Å². The van der Waals surface area contributed by atoms with Crippen LogP contribution in [-0.2, 0) is 0 Å². The van der Waals surface area contributed by atoms with Gasteiger partial charge in [-0.1, -0.05) is 146 Å². The van der Waals surface area contributed by atoms with Crippen LogP contribution in [0.25, 0.3) is 99.5 Å². The van der Waals surface area contributed by atoms with Crippen molar-refractivity contribution in [3.8, 4) is 55.9 Å². The standard InChI is InChI=1S/C54H36N2/c1-5-15-37(16-6-1)39-25-29-45(47(33-39)38-17-7-2-8-18-38)42-28-32-54-50(36-42)49-35-41(27-31-53(49)56(54)44-21-11-4-12-22-44)40-26-30-52-48(34-40)46-23-13-14-24-51(46)55(52)43-19-9-3-10-20-43/h1-36H. The van der Waals surface area contributed by atoms with Crippen LogP contribution in [0.4, 0.5) is 0 Å². The summed E-state index contributed by atoms with van der Waals surface area (Å²) >= 11 is 0. The maximum absolute atomic E-state index is 2.41. The maximum atomic E-state index is 2.41. The monoisotopic (exact) mass is 712 g/mol. The lowest BCUT2D eigenvalue weighted by molar-refractivity contribution is 1.18. The summed E-state index contributed by atoms with van der Waals surface area (Å²) in [5, 5.41) is 4.98. The van der Waals surface area contributed by atoms with Gasteiger partial charge in [-0.25, -0.2) is 0 Å². The fourth-order valence-corrected chi connectivity index (χ4v) is 8.70. The number of hydrogen-bond donors (Lipinski definition) is 0. The minimum Gasteiger partial charge on any atom is -0.309 e. The first-order valence-electron chi connectivity index (χ1n) is 19.3. The minimum absolute atomic E-state index is 1.15. The molecule has 0 aliphatic rings. The quantitative estimate of drug-likeness (QED) is 0.162. The van der Waals surface area contributed by atoms with E-state index in [0.717, 1.165) is 5.69 Å². The van der Waals surface area contributed by atoms with Gasteiger partial charge < -0.3 is 9.13 Å². The SMILES string of the molecule is c1ccc(-c2ccc(-c3ccc4c(c3)c3cc(-c5ccc6c(c5)c5ccccc5n6-c5ccccc5)ccc3n4-c3ccccc3)c(-c3ccccc3)c2)cc1. The van der Waals surface area contributed by atoms with Crippen molar-refractivity contribution in [3.05, 3.63) is 218 Å². The Morgan fingerprint density at radius 2 is 0.607 bits per heavy atom. The van der Waals surface area contributed by atoms with Gasteiger partial charge in [-0.05, 0) is 117 Å². The van der Waals surface area contributed by atoms with E-state index in [1.165, 1.54) is 93.8 Å². The van der Waals surface area contributed by atoms with E-state index in [9.17, 15) is 0 Å². The van der Waals surface area contributed by atoms with Gasteiger partial charge in [0.2, 0.25) is 0 Å². The van der Waals surface area contributed by atoms with Gasteiger partial charge in [0.1, 0.15) is 0 Å². The second-order valence-electron chi connectivity index (χ2n) is 14.5. The highest BCUT2D eigenvalue weighted by atomic mass is 15.0. The van der Waals surface area contributed by atoms with Gasteiger partial charge in [0, 0.05) is 32.9 Å². The normalized spacial score (nSPS) is 11.6. The first-order valence-corrected chi connectivity index (χ1v) is 19.3. The molecule has 2 heteroatoms. The van der Waals surface area contributed by atoms with Gasteiger partial charge in [-0.2, -0.15) is 0 Å². The molecule has 2 aromatic heterocycles. The number of fused-ring (bicyclic) bond motifs is 6. The zero-order valence-corrected chi connectivity index (χ0v) is 30.7. The second kappa shape index (κ2) is 13.2. The van der Waals surface area contributed by atoms with Crippen LogP contribution in [0.15, 0.2) is 218 Å². The summed E-state index contributed by atoms with van der Waals surface area (Å²) < 4.78 is 4.79. The summed E-state index contributed by atoms with van der Waals surface area (Å²) in [5.41, 5.74) is 16.8. The Morgan fingerprint density at radius 1 is 0.214 bits per heavy atom. The lowest BCUT2D eigenvalue weighted by Crippen LogP contribution is -1.93. The smallest absolute Gasteiger partial charge is 0.0541 e. The van der Waals surface area contributed by atoms with Gasteiger partial charge in [-0.15, -0.1) is 0 Å². The number of benzene rings is 9. The average molecular weight is 713 g/mol. The number of aromatic nitrogens is 2. The molecule has 0 saturated heterocycles. The zero-order valence-electron chi connectivity index (χ0n) is 30.7. The molecule has 0 spiro atoms. The Kier molecular flexibility index (Phi) is 7.53. The summed E-state index contributed by atoms with van der Waals surface area (Å²) in [6.07, 6.45) is 0. The van der Waals surface area contributed by atoms with Crippen molar-refractivity contribution in [1.29, 1.82) is 0 Å². The van der Waals surface area contributed by atoms with Crippen molar-refractivity contribution in [2.24, 2.45) is 0 Å². The van der Waals surface area contributed by atoms with Crippen LogP contribution >= 0.6 is 0 Å². The molecular formula is C54H36N2. The predicted molar refractivity (Wildman–Crippen MR) is 237 cm³/mol. The molecule has 0 N–H and O–H groups in total. The fourth-order valence-electron chi connectivity index (χ4n) is 8.70. The molecular weight excluding hydrogens is 677 g/mol. The number of nitrogens with zero attached hydrogens (tertiary/aromatic N) is 2. The van der Waals surface area contributed by atoms with Crippen molar-refractivity contribution in [2.45, 2.75) is 0 Å². The highest BCUT2D eigenvalue weighted by Gasteiger charge is 2.18. The highest BCUT2D eigenvalue weighted by Crippen LogP contribution is 2.41. The van der Waals surface area contributed by atoms with E-state index in [4.69, 9.17) is 0 Å². The molecule has 2 heterocycles. The third-order valence-electron chi connectivity index (χ3n) is 11.3. The number of para-hydroxylation sites is 3.